The topological polar surface area (TPSA) is 12.4 Å². The summed E-state index contributed by atoms with van der Waals surface area (Å²) < 4.78 is 37.9. The van der Waals surface area contributed by atoms with E-state index in [4.69, 9.17) is 0 Å². The predicted molar refractivity (Wildman–Crippen MR) is 57.0 cm³/mol. The fourth-order valence-electron chi connectivity index (χ4n) is 1.35. The fraction of sp³-hybridized carbons (Fsp3) is 0.300. The van der Waals surface area contributed by atoms with Crippen molar-refractivity contribution in [3.05, 3.63) is 35.4 Å². The van der Waals surface area contributed by atoms with Crippen molar-refractivity contribution < 1.29 is 13.2 Å². The zero-order chi connectivity index (χ0) is 11.5. The van der Waals surface area contributed by atoms with Crippen LogP contribution in [0.15, 0.2) is 29.3 Å². The molecule has 80 valence electrons. The molecule has 15 heavy (non-hydrogen) atoms. The summed E-state index contributed by atoms with van der Waals surface area (Å²) in [4.78, 5) is 3.52. The molecule has 0 radical (unpaired) electrons. The van der Waals surface area contributed by atoms with Gasteiger partial charge < -0.3 is 0 Å². The second kappa shape index (κ2) is 4.82. The number of halogens is 3. The van der Waals surface area contributed by atoms with E-state index in [1.54, 1.807) is 19.1 Å². The van der Waals surface area contributed by atoms with Crippen molar-refractivity contribution >= 4 is 21.4 Å². The van der Waals surface area contributed by atoms with E-state index < -0.39 is 12.2 Å². The van der Waals surface area contributed by atoms with Gasteiger partial charge in [0.05, 0.1) is 0 Å². The number of rotatable bonds is 2. The van der Waals surface area contributed by atoms with Gasteiger partial charge in [0.2, 0.25) is 0 Å². The molecular weight excluding hydrogens is 218 g/mol. The Morgan fingerprint density at radius 2 is 2.07 bits per heavy atom. The van der Waals surface area contributed by atoms with Crippen molar-refractivity contribution in [3.8, 4) is 0 Å². The van der Waals surface area contributed by atoms with Crippen molar-refractivity contribution in [2.45, 2.75) is 19.1 Å². The monoisotopic (exact) mass is 229 g/mol. The summed E-state index contributed by atoms with van der Waals surface area (Å²) in [5.41, 5.74) is 1.01. The Balaban J connectivity index is 3.10. The van der Waals surface area contributed by atoms with Gasteiger partial charge in [-0.05, 0) is 12.5 Å². The number of hydrogen-bond donors (Lipinski definition) is 0. The van der Waals surface area contributed by atoms with Gasteiger partial charge in [0.25, 0.3) is 16.3 Å². The molecular formula is C10H11AlF3N. The Bertz CT molecular complexity index is 360. The molecule has 1 unspecified atom stereocenters. The van der Waals surface area contributed by atoms with E-state index in [0.717, 1.165) is 5.56 Å². The Hall–Kier alpha value is -0.788. The van der Waals surface area contributed by atoms with Crippen LogP contribution in [-0.2, 0) is 0 Å². The Morgan fingerprint density at radius 3 is 2.53 bits per heavy atom. The summed E-state index contributed by atoms with van der Waals surface area (Å²) in [6, 6.07) is 4.65. The lowest BCUT2D eigenvalue weighted by Gasteiger charge is -2.16. The van der Waals surface area contributed by atoms with Gasteiger partial charge in [-0.1, -0.05) is 34.9 Å². The maximum Gasteiger partial charge on any atom is 0.414 e. The fourth-order valence-corrected chi connectivity index (χ4v) is 1.65. The number of nitrogens with zero attached hydrogens (tertiary/aromatic N) is 1. The highest BCUT2D eigenvalue weighted by Crippen LogP contribution is 2.35. The van der Waals surface area contributed by atoms with Crippen molar-refractivity contribution in [1.82, 2.24) is 0 Å². The lowest BCUT2D eigenvalue weighted by Crippen LogP contribution is -2.19. The van der Waals surface area contributed by atoms with Gasteiger partial charge >= 0.3 is 6.18 Å². The lowest BCUT2D eigenvalue weighted by molar-refractivity contribution is -0.148. The van der Waals surface area contributed by atoms with Gasteiger partial charge in [0.1, 0.15) is 0 Å². The van der Waals surface area contributed by atoms with Crippen molar-refractivity contribution in [1.29, 1.82) is 0 Å². The maximum atomic E-state index is 12.6. The van der Waals surface area contributed by atoms with Crippen LogP contribution in [0.3, 0.4) is 0 Å². The molecule has 1 rings (SSSR count). The highest BCUT2D eigenvalue weighted by Gasteiger charge is 2.40. The van der Waals surface area contributed by atoms with E-state index in [1.165, 1.54) is 17.2 Å². The molecule has 0 amide bonds. The third-order valence-corrected chi connectivity index (χ3v) is 2.26. The summed E-state index contributed by atoms with van der Waals surface area (Å²) in [5.74, 6) is 0. The summed E-state index contributed by atoms with van der Waals surface area (Å²) in [5, 5.41) is 1.32. The number of benzene rings is 1. The van der Waals surface area contributed by atoms with Crippen LogP contribution in [-0.4, -0.2) is 27.5 Å². The maximum absolute atomic E-state index is 12.6. The van der Waals surface area contributed by atoms with Crippen LogP contribution in [0.2, 0.25) is 0 Å². The number of alkyl halides is 3. The van der Waals surface area contributed by atoms with E-state index >= 15 is 0 Å². The van der Waals surface area contributed by atoms with E-state index in [-0.39, 0.29) is 5.56 Å². The largest absolute Gasteiger partial charge is 0.414 e. The molecule has 1 aromatic rings. The van der Waals surface area contributed by atoms with Crippen LogP contribution in [0.25, 0.3) is 0 Å². The molecule has 1 aromatic carbocycles. The molecule has 1 atom stereocenters. The zero-order valence-electron chi connectivity index (χ0n) is 8.55. The minimum atomic E-state index is -4.31. The van der Waals surface area contributed by atoms with Crippen LogP contribution in [0.5, 0.6) is 0 Å². The molecule has 0 saturated carbocycles. The van der Waals surface area contributed by atoms with Crippen molar-refractivity contribution in [2.24, 2.45) is 4.99 Å². The smallest absolute Gasteiger partial charge is 0.299 e. The second-order valence-electron chi connectivity index (χ2n) is 3.27. The van der Waals surface area contributed by atoms with Crippen LogP contribution in [0.4, 0.5) is 13.2 Å². The van der Waals surface area contributed by atoms with Gasteiger partial charge in [-0.2, -0.15) is 13.2 Å². The van der Waals surface area contributed by atoms with Gasteiger partial charge in [0.15, 0.2) is 6.04 Å². The highest BCUT2D eigenvalue weighted by atomic mass is 27.0. The van der Waals surface area contributed by atoms with E-state index in [1.807, 2.05) is 0 Å². The quantitative estimate of drug-likeness (QED) is 0.545. The summed E-state index contributed by atoms with van der Waals surface area (Å²) in [7, 11) is 0. The zero-order valence-corrected chi connectivity index (χ0v) is 10.5. The third kappa shape index (κ3) is 3.37. The average Bonchev–Trinajstić information content (AvgIpc) is 2.12. The standard InChI is InChI=1S/C10H9F3N.Al.2H/c1-7-4-3-5-8(6-7)9(14-2)10(11,12)13;;;/h2-6,9H,1H3;;;. The Morgan fingerprint density at radius 1 is 1.40 bits per heavy atom. The molecule has 0 aliphatic heterocycles. The second-order valence-corrected chi connectivity index (χ2v) is 3.78. The van der Waals surface area contributed by atoms with Gasteiger partial charge in [-0.15, -0.1) is 0 Å². The SMILES string of the molecule is Cc1cccc(C(N=[CH][AlH2])C(F)(F)F)c1. The highest BCUT2D eigenvalue weighted by molar-refractivity contribution is 6.49. The molecule has 0 aliphatic rings. The van der Waals surface area contributed by atoms with Crippen LogP contribution < -0.4 is 0 Å². The molecule has 0 N–H and O–H groups in total. The lowest BCUT2D eigenvalue weighted by atomic mass is 10.0. The van der Waals surface area contributed by atoms with E-state index in [2.05, 4.69) is 4.99 Å². The first-order valence-corrected chi connectivity index (χ1v) is 5.71. The predicted octanol–water partition coefficient (Wildman–Crippen LogP) is 2.26. The minimum absolute atomic E-state index is 0.203. The summed E-state index contributed by atoms with van der Waals surface area (Å²) in [6.45, 7) is 1.77. The molecule has 0 heterocycles. The van der Waals surface area contributed by atoms with Gasteiger partial charge in [0, 0.05) is 0 Å². The molecule has 1 nitrogen and oxygen atoms in total. The Kier molecular flexibility index (Phi) is 3.95. The minimum Gasteiger partial charge on any atom is -0.299 e. The van der Waals surface area contributed by atoms with E-state index in [0.29, 0.717) is 16.3 Å². The van der Waals surface area contributed by atoms with Crippen LogP contribution in [0, 0.1) is 6.92 Å². The normalized spacial score (nSPS) is 14.4. The molecule has 0 fully saturated rings. The first-order valence-electron chi connectivity index (χ1n) is 4.56. The van der Waals surface area contributed by atoms with Crippen molar-refractivity contribution in [3.63, 3.8) is 0 Å². The average molecular weight is 229 g/mol. The third-order valence-electron chi connectivity index (χ3n) is 1.97. The van der Waals surface area contributed by atoms with Gasteiger partial charge in [-0.3, -0.25) is 4.99 Å². The molecule has 5 heteroatoms. The number of aliphatic imine (C=N–C) groups is 1. The molecule has 0 saturated heterocycles. The molecule has 0 aromatic heterocycles. The Labute approximate surface area is 94.4 Å². The molecule has 0 aliphatic carbocycles. The van der Waals surface area contributed by atoms with Crippen LogP contribution >= 0.6 is 0 Å². The van der Waals surface area contributed by atoms with Gasteiger partial charge in [-0.25, -0.2) is 0 Å². The van der Waals surface area contributed by atoms with Crippen molar-refractivity contribution in [2.75, 3.05) is 0 Å². The van der Waals surface area contributed by atoms with E-state index in [9.17, 15) is 13.2 Å². The number of hydrogen-bond acceptors (Lipinski definition) is 1. The first-order chi connectivity index (χ1) is 6.95. The first kappa shape index (κ1) is 12.3. The molecule has 0 bridgehead atoms. The summed E-state index contributed by atoms with van der Waals surface area (Å²) in [6.07, 6.45) is -4.31. The number of aryl methyl sites for hydroxylation is 1. The molecule has 0 spiro atoms. The summed E-state index contributed by atoms with van der Waals surface area (Å²) >= 11 is 0.528. The van der Waals surface area contributed by atoms with Crippen LogP contribution in [0.1, 0.15) is 17.2 Å².